The van der Waals surface area contributed by atoms with Crippen LogP contribution in [0, 0.1) is 11.3 Å². The molecular formula is C31H25N3O5S. The van der Waals surface area contributed by atoms with Crippen molar-refractivity contribution in [2.75, 3.05) is 20.3 Å². The molecule has 1 atom stereocenters. The summed E-state index contributed by atoms with van der Waals surface area (Å²) >= 11 is 1.25. The van der Waals surface area contributed by atoms with Crippen LogP contribution >= 0.6 is 11.3 Å². The van der Waals surface area contributed by atoms with Crippen LogP contribution in [0.2, 0.25) is 0 Å². The van der Waals surface area contributed by atoms with E-state index in [2.05, 4.69) is 0 Å². The maximum atomic E-state index is 13.9. The number of benzene rings is 3. The highest BCUT2D eigenvalue weighted by molar-refractivity contribution is 7.07. The van der Waals surface area contributed by atoms with E-state index in [-0.39, 0.29) is 24.3 Å². The van der Waals surface area contributed by atoms with Crippen molar-refractivity contribution in [1.29, 1.82) is 5.26 Å². The third-order valence-electron chi connectivity index (χ3n) is 6.29. The third kappa shape index (κ3) is 5.30. The lowest BCUT2D eigenvalue weighted by Crippen LogP contribution is -2.40. The molecule has 9 heteroatoms. The molecule has 2 heterocycles. The molecule has 200 valence electrons. The van der Waals surface area contributed by atoms with Crippen molar-refractivity contribution < 1.29 is 19.0 Å². The molecule has 0 N–H and O–H groups in total. The van der Waals surface area contributed by atoms with Crippen molar-refractivity contribution in [3.63, 3.8) is 0 Å². The first-order valence-electron chi connectivity index (χ1n) is 12.6. The maximum absolute atomic E-state index is 13.9. The van der Waals surface area contributed by atoms with E-state index in [1.165, 1.54) is 11.3 Å². The van der Waals surface area contributed by atoms with E-state index in [4.69, 9.17) is 24.5 Å². The van der Waals surface area contributed by atoms with Crippen molar-refractivity contribution in [3.05, 3.63) is 121 Å². The Bertz CT molecular complexity index is 1780. The van der Waals surface area contributed by atoms with Crippen LogP contribution in [0.25, 0.3) is 11.8 Å². The number of fused-ring (bicyclic) bond motifs is 1. The van der Waals surface area contributed by atoms with Crippen molar-refractivity contribution in [2.24, 2.45) is 4.99 Å². The van der Waals surface area contributed by atoms with E-state index < -0.39 is 12.0 Å². The van der Waals surface area contributed by atoms with Gasteiger partial charge in [0, 0.05) is 5.56 Å². The predicted molar refractivity (Wildman–Crippen MR) is 152 cm³/mol. The van der Waals surface area contributed by atoms with Gasteiger partial charge in [0.05, 0.1) is 35.6 Å². The topological polar surface area (TPSA) is 103 Å². The lowest BCUT2D eigenvalue weighted by Gasteiger charge is -2.26. The Balaban J connectivity index is 1.73. The summed E-state index contributed by atoms with van der Waals surface area (Å²) in [7, 11) is 1.58. The van der Waals surface area contributed by atoms with Crippen LogP contribution in [0.15, 0.2) is 94.2 Å². The quantitative estimate of drug-likeness (QED) is 0.308. The molecule has 0 bridgehead atoms. The normalized spacial score (nSPS) is 14.6. The van der Waals surface area contributed by atoms with Crippen LogP contribution in [-0.4, -0.2) is 30.9 Å². The Kier molecular flexibility index (Phi) is 7.89. The molecule has 0 amide bonds. The fraction of sp³-hybridized carbons (Fsp3) is 0.161. The van der Waals surface area contributed by atoms with Gasteiger partial charge >= 0.3 is 5.97 Å². The van der Waals surface area contributed by atoms with Gasteiger partial charge in [-0.05, 0) is 48.4 Å². The molecule has 1 aromatic heterocycles. The third-order valence-corrected chi connectivity index (χ3v) is 7.27. The van der Waals surface area contributed by atoms with Gasteiger partial charge in [0.25, 0.3) is 5.56 Å². The first-order valence-corrected chi connectivity index (χ1v) is 13.4. The number of carbonyl (C=O) groups excluding carboxylic acids is 1. The number of nitrogens with zero attached hydrogens (tertiary/aromatic N) is 3. The molecule has 0 radical (unpaired) electrons. The Labute approximate surface area is 234 Å². The molecule has 40 heavy (non-hydrogen) atoms. The fourth-order valence-corrected chi connectivity index (χ4v) is 5.47. The average molecular weight is 552 g/mol. The highest BCUT2D eigenvalue weighted by Crippen LogP contribution is 2.35. The van der Waals surface area contributed by atoms with Crippen LogP contribution in [0.4, 0.5) is 0 Å². The number of ether oxygens (including phenoxy) is 3. The summed E-state index contributed by atoms with van der Waals surface area (Å²) in [5.74, 6) is 0.683. The van der Waals surface area contributed by atoms with Gasteiger partial charge in [-0.1, -0.05) is 65.9 Å². The largest absolute Gasteiger partial charge is 0.497 e. The van der Waals surface area contributed by atoms with Gasteiger partial charge < -0.3 is 14.2 Å². The van der Waals surface area contributed by atoms with Gasteiger partial charge in [-0.3, -0.25) is 9.36 Å². The maximum Gasteiger partial charge on any atom is 0.338 e. The SMILES string of the molecule is CCOC(=O)C1=C(c2ccccc2)N=c2s/c(=C\c3ccc(OCC#N)cc3)c(=O)n2[C@H]1c1ccc(OC)cc1. The zero-order valence-electron chi connectivity index (χ0n) is 21.9. The van der Waals surface area contributed by atoms with Crippen molar-refractivity contribution in [3.8, 4) is 17.6 Å². The standard InChI is InChI=1S/C31H25N3O5S/c1-3-38-30(36)26-27(21-7-5-4-6-8-21)33-31-34(28(26)22-11-15-23(37-2)16-12-22)29(35)25(40-31)19-20-9-13-24(14-10-20)39-18-17-32/h4-16,19,28H,3,18H2,1-2H3/b25-19-/t28-/m0/s1. The van der Waals surface area contributed by atoms with E-state index >= 15 is 0 Å². The van der Waals surface area contributed by atoms with Gasteiger partial charge in [0.1, 0.15) is 17.6 Å². The Hall–Kier alpha value is -4.94. The second-order valence-electron chi connectivity index (χ2n) is 8.72. The molecule has 0 aliphatic carbocycles. The second-order valence-corrected chi connectivity index (χ2v) is 9.73. The Morgan fingerprint density at radius 3 is 2.40 bits per heavy atom. The number of aromatic nitrogens is 1. The molecule has 0 unspecified atom stereocenters. The smallest absolute Gasteiger partial charge is 0.338 e. The lowest BCUT2D eigenvalue weighted by molar-refractivity contribution is -0.138. The van der Waals surface area contributed by atoms with Gasteiger partial charge in [-0.15, -0.1) is 0 Å². The van der Waals surface area contributed by atoms with Crippen LogP contribution in [0.1, 0.15) is 29.7 Å². The number of rotatable bonds is 8. The van der Waals surface area contributed by atoms with Crippen molar-refractivity contribution >= 4 is 29.1 Å². The molecule has 3 aromatic carbocycles. The van der Waals surface area contributed by atoms with E-state index in [9.17, 15) is 9.59 Å². The Morgan fingerprint density at radius 2 is 1.75 bits per heavy atom. The van der Waals surface area contributed by atoms with Gasteiger partial charge in [0.2, 0.25) is 0 Å². The molecule has 1 aliphatic rings. The minimum atomic E-state index is -0.764. The van der Waals surface area contributed by atoms with E-state index in [0.717, 1.165) is 16.7 Å². The molecule has 0 spiro atoms. The average Bonchev–Trinajstić information content (AvgIpc) is 3.30. The van der Waals surface area contributed by atoms with Gasteiger partial charge in [-0.2, -0.15) is 5.26 Å². The van der Waals surface area contributed by atoms with Gasteiger partial charge in [0.15, 0.2) is 11.4 Å². The monoisotopic (exact) mass is 551 g/mol. The first kappa shape index (κ1) is 26.7. The first-order chi connectivity index (χ1) is 19.5. The number of hydrogen-bond donors (Lipinski definition) is 0. The summed E-state index contributed by atoms with van der Waals surface area (Å²) in [6.07, 6.45) is 1.78. The molecule has 0 saturated heterocycles. The van der Waals surface area contributed by atoms with Crippen LogP contribution < -0.4 is 24.4 Å². The van der Waals surface area contributed by atoms with Crippen LogP contribution in [-0.2, 0) is 9.53 Å². The summed E-state index contributed by atoms with van der Waals surface area (Å²) < 4.78 is 18.2. The number of methoxy groups -OCH3 is 1. The minimum absolute atomic E-state index is 0.0458. The summed E-state index contributed by atoms with van der Waals surface area (Å²) in [5, 5.41) is 8.73. The molecule has 8 nitrogen and oxygen atoms in total. The highest BCUT2D eigenvalue weighted by Gasteiger charge is 2.35. The summed E-state index contributed by atoms with van der Waals surface area (Å²) in [5.41, 5.74) is 2.73. The number of carbonyl (C=O) groups is 1. The van der Waals surface area contributed by atoms with Crippen LogP contribution in [0.3, 0.4) is 0 Å². The number of hydrogen-bond acceptors (Lipinski definition) is 8. The molecule has 5 rings (SSSR count). The molecule has 0 fully saturated rings. The highest BCUT2D eigenvalue weighted by atomic mass is 32.1. The predicted octanol–water partition coefficient (Wildman–Crippen LogP) is 3.85. The lowest BCUT2D eigenvalue weighted by atomic mass is 9.93. The Morgan fingerprint density at radius 1 is 1.05 bits per heavy atom. The minimum Gasteiger partial charge on any atom is -0.497 e. The van der Waals surface area contributed by atoms with Crippen LogP contribution in [0.5, 0.6) is 11.5 Å². The number of esters is 1. The summed E-state index contributed by atoms with van der Waals surface area (Å²) in [4.78, 5) is 32.7. The molecular weight excluding hydrogens is 526 g/mol. The van der Waals surface area contributed by atoms with E-state index in [1.54, 1.807) is 48.9 Å². The number of thiazole rings is 1. The van der Waals surface area contributed by atoms with E-state index in [1.807, 2.05) is 60.7 Å². The zero-order valence-corrected chi connectivity index (χ0v) is 22.7. The zero-order chi connectivity index (χ0) is 28.1. The molecule has 4 aromatic rings. The van der Waals surface area contributed by atoms with Gasteiger partial charge in [-0.25, -0.2) is 9.79 Å². The summed E-state index contributed by atoms with van der Waals surface area (Å²) in [6, 6.07) is 25.0. The van der Waals surface area contributed by atoms with E-state index in [0.29, 0.717) is 26.5 Å². The molecule has 1 aliphatic heterocycles. The number of nitriles is 1. The fourth-order valence-electron chi connectivity index (χ4n) is 4.47. The summed E-state index contributed by atoms with van der Waals surface area (Å²) in [6.45, 7) is 1.88. The van der Waals surface area contributed by atoms with Crippen molar-refractivity contribution in [2.45, 2.75) is 13.0 Å². The second kappa shape index (κ2) is 11.8. The van der Waals surface area contributed by atoms with Crippen molar-refractivity contribution in [1.82, 2.24) is 4.57 Å². The molecule has 0 saturated carbocycles.